The highest BCUT2D eigenvalue weighted by Gasteiger charge is 2.00. The van der Waals surface area contributed by atoms with Gasteiger partial charge in [0, 0.05) is 19.4 Å². The molecule has 2 rings (SSSR count). The van der Waals surface area contributed by atoms with Crippen LogP contribution in [-0.2, 0) is 19.2 Å². The summed E-state index contributed by atoms with van der Waals surface area (Å²) >= 11 is 0. The van der Waals surface area contributed by atoms with Crippen LogP contribution in [0.3, 0.4) is 0 Å². The molecule has 0 saturated carbocycles. The zero-order chi connectivity index (χ0) is 32.5. The third kappa shape index (κ3) is 91.8. The third-order valence-electron chi connectivity index (χ3n) is 3.22. The van der Waals surface area contributed by atoms with Crippen LogP contribution < -0.4 is 5.32 Å². The molecule has 0 radical (unpaired) electrons. The van der Waals surface area contributed by atoms with Crippen LogP contribution in [0.25, 0.3) is 0 Å². The van der Waals surface area contributed by atoms with E-state index in [0.717, 1.165) is 12.8 Å². The van der Waals surface area contributed by atoms with E-state index >= 15 is 0 Å². The standard InChI is InChI=1S/C6H11NO2.2C6H6.C5H10O.C4H8O.2C3H8.C2H6/c1-3-7-6(9)4-5(2)8;2*1-2-4-6-5-3-1;1-3-4-5(2)6;1-3-4(2)5;2*1-3-2;1-2/h3-4H2,1-2H3,(H,7,9);2*1-6H;3-4H2,1-2H3;3H2,1-2H3;2*3H2,1-2H3;1-2H3. The maximum atomic E-state index is 10.5. The Morgan fingerprint density at radius 1 is 0.500 bits per heavy atom. The van der Waals surface area contributed by atoms with Crippen molar-refractivity contribution in [3.05, 3.63) is 72.8 Å². The predicted octanol–water partition coefficient (Wildman–Crippen LogP) is 9.69. The Kier molecular flexibility index (Phi) is 65.2. The number of carbonyl (C=O) groups excluding carboxylic acids is 4. The SMILES string of the molecule is CC.CCC.CCC.CCC(C)=O.CCCC(C)=O.CCNC(=O)CC(C)=O.c1ccccc1.c1ccccc1. The number of hydrogen-bond donors (Lipinski definition) is 1. The normalized spacial score (nSPS) is 7.60. The molecule has 2 aromatic rings. The van der Waals surface area contributed by atoms with Crippen LogP contribution in [0.2, 0.25) is 0 Å². The van der Waals surface area contributed by atoms with Crippen molar-refractivity contribution >= 4 is 23.3 Å². The van der Waals surface area contributed by atoms with Crippen LogP contribution in [0.15, 0.2) is 72.8 Å². The molecule has 1 N–H and O–H groups in total. The van der Waals surface area contributed by atoms with Crippen LogP contribution in [-0.4, -0.2) is 29.8 Å². The third-order valence-corrected chi connectivity index (χ3v) is 3.22. The van der Waals surface area contributed by atoms with Crippen LogP contribution in [0.5, 0.6) is 0 Å². The smallest absolute Gasteiger partial charge is 0.227 e. The van der Waals surface area contributed by atoms with Crippen molar-refractivity contribution in [1.29, 1.82) is 0 Å². The van der Waals surface area contributed by atoms with E-state index in [0.29, 0.717) is 13.0 Å². The molecular formula is C35H63NO4. The Morgan fingerprint density at radius 2 is 0.750 bits per heavy atom. The highest BCUT2D eigenvalue weighted by molar-refractivity contribution is 5.96. The first kappa shape index (κ1) is 49.8. The lowest BCUT2D eigenvalue weighted by molar-refractivity contribution is -0.127. The van der Waals surface area contributed by atoms with Crippen LogP contribution in [0.1, 0.15) is 122 Å². The largest absolute Gasteiger partial charge is 0.356 e. The highest BCUT2D eigenvalue weighted by Crippen LogP contribution is 1.84. The summed E-state index contributed by atoms with van der Waals surface area (Å²) < 4.78 is 0. The molecule has 0 saturated heterocycles. The summed E-state index contributed by atoms with van der Waals surface area (Å²) in [6.07, 6.45) is 4.89. The zero-order valence-electron chi connectivity index (χ0n) is 28.0. The summed E-state index contributed by atoms with van der Waals surface area (Å²) in [5, 5.41) is 2.52. The first-order valence-electron chi connectivity index (χ1n) is 14.8. The van der Waals surface area contributed by atoms with Gasteiger partial charge >= 0.3 is 0 Å². The molecule has 0 atom stereocenters. The Hall–Kier alpha value is -3.08. The van der Waals surface area contributed by atoms with E-state index in [1.54, 1.807) is 13.8 Å². The molecule has 0 spiro atoms. The van der Waals surface area contributed by atoms with Gasteiger partial charge in [0.25, 0.3) is 0 Å². The molecule has 0 unspecified atom stereocenters. The maximum absolute atomic E-state index is 10.5. The Bertz CT molecular complexity index is 630. The number of amides is 1. The van der Waals surface area contributed by atoms with Crippen molar-refractivity contribution < 1.29 is 19.2 Å². The van der Waals surface area contributed by atoms with E-state index in [-0.39, 0.29) is 29.7 Å². The van der Waals surface area contributed by atoms with Gasteiger partial charge in [-0.1, -0.05) is 141 Å². The number of ketones is 3. The summed E-state index contributed by atoms with van der Waals surface area (Å²) in [5.74, 6) is 0.258. The van der Waals surface area contributed by atoms with Crippen LogP contribution in [0.4, 0.5) is 0 Å². The predicted molar refractivity (Wildman–Crippen MR) is 177 cm³/mol. The van der Waals surface area contributed by atoms with Gasteiger partial charge in [0.05, 0.1) is 6.42 Å². The molecule has 232 valence electrons. The summed E-state index contributed by atoms with van der Waals surface area (Å²) in [6.45, 7) is 23.4. The second-order valence-electron chi connectivity index (χ2n) is 8.06. The fraction of sp³-hybridized carbons (Fsp3) is 0.543. The van der Waals surface area contributed by atoms with Crippen molar-refractivity contribution in [2.24, 2.45) is 0 Å². The minimum absolute atomic E-state index is 0.00778. The molecule has 0 fully saturated rings. The van der Waals surface area contributed by atoms with E-state index in [2.05, 4.69) is 33.0 Å². The number of Topliss-reactive ketones (excluding diaryl/α,β-unsaturated/α-hetero) is 3. The summed E-state index contributed by atoms with van der Waals surface area (Å²) in [6, 6.07) is 24.0. The van der Waals surface area contributed by atoms with E-state index in [9.17, 15) is 19.2 Å². The van der Waals surface area contributed by atoms with Gasteiger partial charge in [0.15, 0.2) is 0 Å². The monoisotopic (exact) mass is 561 g/mol. The lowest BCUT2D eigenvalue weighted by atomic mass is 10.3. The minimum Gasteiger partial charge on any atom is -0.356 e. The summed E-state index contributed by atoms with van der Waals surface area (Å²) in [5.41, 5.74) is 0. The molecule has 0 aliphatic rings. The molecule has 40 heavy (non-hydrogen) atoms. The number of rotatable bonds is 6. The first-order chi connectivity index (χ1) is 19.0. The maximum Gasteiger partial charge on any atom is 0.227 e. The van der Waals surface area contributed by atoms with Crippen molar-refractivity contribution in [3.8, 4) is 0 Å². The molecule has 1 amide bonds. The van der Waals surface area contributed by atoms with Gasteiger partial charge in [-0.3, -0.25) is 9.59 Å². The summed E-state index contributed by atoms with van der Waals surface area (Å²) in [7, 11) is 0. The Balaban J connectivity index is -0.0000000856. The molecule has 0 heterocycles. The second-order valence-corrected chi connectivity index (χ2v) is 8.06. The summed E-state index contributed by atoms with van der Waals surface area (Å²) in [4.78, 5) is 40.6. The van der Waals surface area contributed by atoms with Gasteiger partial charge in [-0.15, -0.1) is 0 Å². The minimum atomic E-state index is -0.190. The number of hydrogen-bond acceptors (Lipinski definition) is 4. The van der Waals surface area contributed by atoms with Gasteiger partial charge in [-0.25, -0.2) is 0 Å². The van der Waals surface area contributed by atoms with Gasteiger partial charge in [-0.2, -0.15) is 0 Å². The Morgan fingerprint density at radius 3 is 0.850 bits per heavy atom. The van der Waals surface area contributed by atoms with Crippen molar-refractivity contribution in [3.63, 3.8) is 0 Å². The molecule has 0 aromatic heterocycles. The topological polar surface area (TPSA) is 80.3 Å². The Labute approximate surface area is 248 Å². The zero-order valence-corrected chi connectivity index (χ0v) is 28.0. The molecule has 0 aliphatic carbocycles. The highest BCUT2D eigenvalue weighted by atomic mass is 16.2. The van der Waals surface area contributed by atoms with E-state index in [1.807, 2.05) is 107 Å². The van der Waals surface area contributed by atoms with Crippen molar-refractivity contribution in [2.75, 3.05) is 6.54 Å². The molecular weight excluding hydrogens is 498 g/mol. The lowest BCUT2D eigenvalue weighted by Gasteiger charge is -1.96. The number of benzene rings is 2. The van der Waals surface area contributed by atoms with Crippen molar-refractivity contribution in [2.45, 2.75) is 122 Å². The first-order valence-corrected chi connectivity index (χ1v) is 14.8. The lowest BCUT2D eigenvalue weighted by Crippen LogP contribution is -2.24. The molecule has 2 aromatic carbocycles. The van der Waals surface area contributed by atoms with E-state index in [1.165, 1.54) is 19.8 Å². The molecule has 0 aliphatic heterocycles. The van der Waals surface area contributed by atoms with E-state index < -0.39 is 0 Å². The van der Waals surface area contributed by atoms with Gasteiger partial charge in [-0.05, 0) is 34.1 Å². The second kappa shape index (κ2) is 52.4. The average molecular weight is 562 g/mol. The average Bonchev–Trinajstić information content (AvgIpc) is 2.94. The van der Waals surface area contributed by atoms with Gasteiger partial charge < -0.3 is 14.9 Å². The fourth-order valence-corrected chi connectivity index (χ4v) is 1.61. The molecule has 5 heteroatoms. The number of carbonyl (C=O) groups is 4. The van der Waals surface area contributed by atoms with Crippen LogP contribution >= 0.6 is 0 Å². The molecule has 5 nitrogen and oxygen atoms in total. The van der Waals surface area contributed by atoms with Crippen molar-refractivity contribution in [1.82, 2.24) is 5.32 Å². The van der Waals surface area contributed by atoms with E-state index in [4.69, 9.17) is 0 Å². The van der Waals surface area contributed by atoms with Gasteiger partial charge in [0.1, 0.15) is 17.3 Å². The molecule has 0 bridgehead atoms. The van der Waals surface area contributed by atoms with Crippen LogP contribution in [0, 0.1) is 0 Å². The van der Waals surface area contributed by atoms with Gasteiger partial charge in [0.2, 0.25) is 5.91 Å². The number of nitrogens with one attached hydrogen (secondary N) is 1. The quantitative estimate of drug-likeness (QED) is 0.356. The fourth-order valence-electron chi connectivity index (χ4n) is 1.61.